The molecule has 12 nitrogen and oxygen atoms in total. The van der Waals surface area contributed by atoms with Crippen molar-refractivity contribution >= 4 is 46.5 Å². The van der Waals surface area contributed by atoms with Crippen LogP contribution in [0.25, 0.3) is 0 Å². The average Bonchev–Trinajstić information content (AvgIpc) is 2.93. The van der Waals surface area contributed by atoms with Gasteiger partial charge in [-0.05, 0) is 0 Å². The third-order valence-electron chi connectivity index (χ3n) is 5.66. The molecule has 5 heterocycles. The van der Waals surface area contributed by atoms with E-state index in [1.807, 2.05) is 58.0 Å². The zero-order valence-corrected chi connectivity index (χ0v) is 20.0. The summed E-state index contributed by atoms with van der Waals surface area (Å²) in [5.74, 6) is 5.20. The van der Waals surface area contributed by atoms with E-state index in [0.717, 1.165) is 0 Å². The van der Waals surface area contributed by atoms with Crippen LogP contribution in [0.2, 0.25) is 0 Å². The molecule has 0 amide bonds. The van der Waals surface area contributed by atoms with Crippen molar-refractivity contribution in [2.75, 3.05) is 46.8 Å². The summed E-state index contributed by atoms with van der Waals surface area (Å²) in [5, 5.41) is 0. The van der Waals surface area contributed by atoms with Gasteiger partial charge < -0.3 is 19.6 Å². The van der Waals surface area contributed by atoms with Gasteiger partial charge in [0.25, 0.3) is 0 Å². The number of fused-ring (bicyclic) bond motifs is 8. The van der Waals surface area contributed by atoms with Crippen molar-refractivity contribution in [3.63, 3.8) is 0 Å². The molecule has 8 bridgehead atoms. The fourth-order valence-electron chi connectivity index (χ4n) is 3.77. The van der Waals surface area contributed by atoms with Gasteiger partial charge in [0.1, 0.15) is 71.9 Å². The zero-order valence-electron chi connectivity index (χ0n) is 20.0. The Labute approximate surface area is 208 Å². The highest BCUT2D eigenvalue weighted by molar-refractivity contribution is 5.70. The second-order valence-electron chi connectivity index (χ2n) is 7.85. The molecular formula is C24H24N12. The van der Waals surface area contributed by atoms with Crippen LogP contribution in [0.5, 0.6) is 0 Å². The van der Waals surface area contributed by atoms with Gasteiger partial charge in [0.05, 0.1) is 0 Å². The maximum atomic E-state index is 4.52. The molecule has 180 valence electrons. The predicted molar refractivity (Wildman–Crippen MR) is 139 cm³/mol. The van der Waals surface area contributed by atoms with Gasteiger partial charge in [-0.3, -0.25) is 0 Å². The van der Waals surface area contributed by atoms with Gasteiger partial charge in [0, 0.05) is 51.5 Å². The van der Waals surface area contributed by atoms with E-state index in [2.05, 4.69) is 53.0 Å². The molecule has 0 spiro atoms. The summed E-state index contributed by atoms with van der Waals surface area (Å²) in [6, 6.07) is 7.48. The minimum absolute atomic E-state index is 0.470. The van der Waals surface area contributed by atoms with Crippen molar-refractivity contribution in [3.05, 3.63) is 74.9 Å². The van der Waals surface area contributed by atoms with E-state index in [0.29, 0.717) is 59.6 Å². The van der Waals surface area contributed by atoms with Gasteiger partial charge in [-0.1, -0.05) is 12.2 Å². The molecule has 4 aromatic rings. The van der Waals surface area contributed by atoms with Crippen molar-refractivity contribution in [2.45, 2.75) is 0 Å². The van der Waals surface area contributed by atoms with E-state index in [4.69, 9.17) is 0 Å². The summed E-state index contributed by atoms with van der Waals surface area (Å²) in [7, 11) is 3.77. The lowest BCUT2D eigenvalue weighted by Crippen LogP contribution is -2.24. The number of nitrogens with zero attached hydrogens (tertiary/aromatic N) is 12. The van der Waals surface area contributed by atoms with Crippen molar-refractivity contribution in [1.29, 1.82) is 0 Å². The molecule has 1 aliphatic heterocycles. The van der Waals surface area contributed by atoms with Crippen LogP contribution < -0.4 is 19.6 Å². The Morgan fingerprint density at radius 1 is 0.500 bits per heavy atom. The molecule has 0 atom stereocenters. The molecule has 0 saturated heterocycles. The highest BCUT2D eigenvalue weighted by Gasteiger charge is 2.20. The lowest BCUT2D eigenvalue weighted by Gasteiger charge is -2.27. The molecule has 0 aliphatic carbocycles. The van der Waals surface area contributed by atoms with Gasteiger partial charge in [-0.25, -0.2) is 39.9 Å². The van der Waals surface area contributed by atoms with E-state index >= 15 is 0 Å². The van der Waals surface area contributed by atoms with Crippen LogP contribution in [0.4, 0.5) is 46.5 Å². The van der Waals surface area contributed by atoms with E-state index < -0.39 is 0 Å². The minimum atomic E-state index is 0.470. The average molecular weight is 481 g/mol. The molecule has 0 aromatic carbocycles. The van der Waals surface area contributed by atoms with Crippen molar-refractivity contribution in [2.24, 2.45) is 0 Å². The fourth-order valence-corrected chi connectivity index (χ4v) is 3.77. The van der Waals surface area contributed by atoms with Gasteiger partial charge >= 0.3 is 0 Å². The van der Waals surface area contributed by atoms with Crippen molar-refractivity contribution < 1.29 is 0 Å². The predicted octanol–water partition coefficient (Wildman–Crippen LogP) is 3.34. The molecule has 0 saturated carbocycles. The molecule has 12 heteroatoms. The van der Waals surface area contributed by atoms with Crippen LogP contribution in [0, 0.1) is 0 Å². The number of rotatable bonds is 4. The lowest BCUT2D eigenvalue weighted by molar-refractivity contribution is 0.939. The molecule has 0 fully saturated rings. The Balaban J connectivity index is 1.75. The lowest BCUT2D eigenvalue weighted by atomic mass is 10.3. The van der Waals surface area contributed by atoms with Crippen LogP contribution in [-0.4, -0.2) is 67.1 Å². The molecule has 1 aliphatic rings. The number of hydrogen-bond donors (Lipinski definition) is 0. The van der Waals surface area contributed by atoms with Crippen molar-refractivity contribution in [1.82, 2.24) is 39.9 Å². The molecule has 5 rings (SSSR count). The normalized spacial score (nSPS) is 12.9. The van der Waals surface area contributed by atoms with E-state index in [1.54, 1.807) is 12.2 Å². The molecule has 0 radical (unpaired) electrons. The first-order valence-electron chi connectivity index (χ1n) is 11.1. The summed E-state index contributed by atoms with van der Waals surface area (Å²) >= 11 is 0. The zero-order chi connectivity index (χ0) is 25.1. The van der Waals surface area contributed by atoms with E-state index in [9.17, 15) is 0 Å². The highest BCUT2D eigenvalue weighted by Crippen LogP contribution is 2.32. The van der Waals surface area contributed by atoms with Gasteiger partial charge in [-0.15, -0.1) is 13.2 Å². The third kappa shape index (κ3) is 4.27. The maximum absolute atomic E-state index is 4.52. The third-order valence-corrected chi connectivity index (χ3v) is 5.66. The van der Waals surface area contributed by atoms with Crippen LogP contribution in [0.3, 0.4) is 0 Å². The van der Waals surface area contributed by atoms with Gasteiger partial charge in [0.15, 0.2) is 0 Å². The SMILES string of the molecule is C=CCN1c2cc(ncn2)N(C)c2cc(ncn2)N(C)c2cc(ncn2)N(CC=C)c2cc1ncn2. The Hall–Kier alpha value is -5.00. The highest BCUT2D eigenvalue weighted by atomic mass is 15.3. The second-order valence-corrected chi connectivity index (χ2v) is 7.85. The van der Waals surface area contributed by atoms with Gasteiger partial charge in [0.2, 0.25) is 0 Å². The first kappa shape index (κ1) is 22.8. The smallest absolute Gasteiger partial charge is 0.139 e. The van der Waals surface area contributed by atoms with Crippen molar-refractivity contribution in [3.8, 4) is 0 Å². The first-order chi connectivity index (χ1) is 17.6. The Morgan fingerprint density at radius 3 is 1.06 bits per heavy atom. The largest absolute Gasteiger partial charge is 0.314 e. The summed E-state index contributed by atoms with van der Waals surface area (Å²) in [5.41, 5.74) is 0. The number of anilines is 8. The van der Waals surface area contributed by atoms with E-state index in [-0.39, 0.29) is 0 Å². The quantitative estimate of drug-likeness (QED) is 0.399. The second kappa shape index (κ2) is 9.70. The van der Waals surface area contributed by atoms with Crippen LogP contribution in [0.15, 0.2) is 74.9 Å². The molecule has 4 aromatic heterocycles. The topological polar surface area (TPSA) is 116 Å². The maximum Gasteiger partial charge on any atom is 0.139 e. The summed E-state index contributed by atoms with van der Waals surface area (Å²) in [4.78, 5) is 43.5. The Morgan fingerprint density at radius 2 is 0.750 bits per heavy atom. The fraction of sp³-hybridized carbons (Fsp3) is 0.167. The Kier molecular flexibility index (Phi) is 6.14. The van der Waals surface area contributed by atoms with Crippen LogP contribution in [0.1, 0.15) is 0 Å². The summed E-state index contributed by atoms with van der Waals surface area (Å²) in [6.45, 7) is 8.77. The molecular weight excluding hydrogens is 456 g/mol. The van der Waals surface area contributed by atoms with E-state index in [1.165, 1.54) is 25.3 Å². The van der Waals surface area contributed by atoms with Gasteiger partial charge in [-0.2, -0.15) is 0 Å². The number of hydrogen-bond acceptors (Lipinski definition) is 12. The number of aromatic nitrogens is 8. The standard InChI is InChI=1S/C24H24N12/c1-5-7-35-21-10-19(27-14-29-21)33(3)17-9-18(26-13-25-17)34(4)20-11-22(30-15-28-20)36(8-6-2)24-12-23(35)31-16-32-24/h5-6,9-16H,1-2,7-8H2,3-4H3. The molecule has 0 unspecified atom stereocenters. The first-order valence-corrected chi connectivity index (χ1v) is 11.1. The molecule has 36 heavy (non-hydrogen) atoms. The minimum Gasteiger partial charge on any atom is -0.314 e. The van der Waals surface area contributed by atoms with Crippen LogP contribution >= 0.6 is 0 Å². The molecule has 0 N–H and O–H groups in total. The summed E-state index contributed by atoms with van der Waals surface area (Å²) in [6.07, 6.45) is 9.63. The monoisotopic (exact) mass is 480 g/mol. The summed E-state index contributed by atoms with van der Waals surface area (Å²) < 4.78 is 0. The van der Waals surface area contributed by atoms with Crippen LogP contribution in [-0.2, 0) is 0 Å². The Bertz CT molecular complexity index is 1310.